The number of nitrogens with two attached hydrogens (primary N) is 1. The topological polar surface area (TPSA) is 63.8 Å². The van der Waals surface area contributed by atoms with Gasteiger partial charge in [0.25, 0.3) is 0 Å². The van der Waals surface area contributed by atoms with Crippen molar-refractivity contribution in [1.82, 2.24) is 9.97 Å². The molecule has 5 heteroatoms. The minimum absolute atomic E-state index is 0.549. The number of para-hydroxylation sites is 1. The van der Waals surface area contributed by atoms with Gasteiger partial charge in [-0.25, -0.2) is 4.98 Å². The van der Waals surface area contributed by atoms with Crippen LogP contribution in [0.4, 0.5) is 11.5 Å². The standard InChI is InChI=1S/C19H15BrN4/c20-16-11-24-19(21)13-6-5-12(9-15(13)16)10-23-18-7-8-22-17-4-2-1-3-14(17)18/h1-9,11H,10H2,(H2,21,24)(H,22,23). The Hall–Kier alpha value is -2.66. The van der Waals surface area contributed by atoms with Crippen molar-refractivity contribution in [2.75, 3.05) is 11.1 Å². The van der Waals surface area contributed by atoms with Crippen LogP contribution in [-0.2, 0) is 6.54 Å². The molecule has 4 rings (SSSR count). The number of nitrogen functional groups attached to an aromatic ring is 1. The molecule has 0 amide bonds. The molecule has 0 aliphatic heterocycles. The monoisotopic (exact) mass is 378 g/mol. The highest BCUT2D eigenvalue weighted by Gasteiger charge is 2.06. The first-order valence-corrected chi connectivity index (χ1v) is 8.42. The number of anilines is 2. The SMILES string of the molecule is Nc1ncc(Br)c2cc(CNc3ccnc4ccccc34)ccc12. The van der Waals surface area contributed by atoms with Gasteiger partial charge in [-0.05, 0) is 39.7 Å². The highest BCUT2D eigenvalue weighted by molar-refractivity contribution is 9.10. The Balaban J connectivity index is 1.66. The summed E-state index contributed by atoms with van der Waals surface area (Å²) in [6, 6.07) is 16.3. The molecule has 0 fully saturated rings. The van der Waals surface area contributed by atoms with Crippen LogP contribution in [0, 0.1) is 0 Å². The fraction of sp³-hybridized carbons (Fsp3) is 0.0526. The Morgan fingerprint density at radius 1 is 0.958 bits per heavy atom. The summed E-state index contributed by atoms with van der Waals surface area (Å²) in [6.45, 7) is 0.721. The van der Waals surface area contributed by atoms with Gasteiger partial charge in [0, 0.05) is 45.3 Å². The number of nitrogens with one attached hydrogen (secondary N) is 1. The van der Waals surface area contributed by atoms with E-state index in [1.54, 1.807) is 6.20 Å². The molecule has 0 radical (unpaired) electrons. The van der Waals surface area contributed by atoms with Crippen LogP contribution in [0.25, 0.3) is 21.7 Å². The van der Waals surface area contributed by atoms with Gasteiger partial charge in [0.15, 0.2) is 0 Å². The lowest BCUT2D eigenvalue weighted by atomic mass is 10.1. The van der Waals surface area contributed by atoms with E-state index < -0.39 is 0 Å². The zero-order valence-electron chi connectivity index (χ0n) is 12.8. The normalized spacial score (nSPS) is 11.0. The van der Waals surface area contributed by atoms with Crippen LogP contribution >= 0.6 is 15.9 Å². The summed E-state index contributed by atoms with van der Waals surface area (Å²) in [5, 5.41) is 6.65. The lowest BCUT2D eigenvalue weighted by Crippen LogP contribution is -2.01. The molecule has 2 heterocycles. The summed E-state index contributed by atoms with van der Waals surface area (Å²) < 4.78 is 0.947. The van der Waals surface area contributed by atoms with Gasteiger partial charge in [-0.3, -0.25) is 4.98 Å². The summed E-state index contributed by atoms with van der Waals surface area (Å²) in [5.74, 6) is 0.549. The molecule has 4 nitrogen and oxygen atoms in total. The first-order chi connectivity index (χ1) is 11.7. The minimum atomic E-state index is 0.549. The number of pyridine rings is 2. The molecule has 0 saturated heterocycles. The van der Waals surface area contributed by atoms with Gasteiger partial charge in [0.2, 0.25) is 0 Å². The van der Waals surface area contributed by atoms with Crippen molar-refractivity contribution in [2.24, 2.45) is 0 Å². The van der Waals surface area contributed by atoms with Gasteiger partial charge < -0.3 is 11.1 Å². The van der Waals surface area contributed by atoms with E-state index in [2.05, 4.69) is 49.4 Å². The van der Waals surface area contributed by atoms with Crippen LogP contribution in [0.3, 0.4) is 0 Å². The van der Waals surface area contributed by atoms with Crippen molar-refractivity contribution in [3.8, 4) is 0 Å². The van der Waals surface area contributed by atoms with Crippen LogP contribution in [0.1, 0.15) is 5.56 Å². The molecular weight excluding hydrogens is 364 g/mol. The Morgan fingerprint density at radius 3 is 2.75 bits per heavy atom. The second-order valence-corrected chi connectivity index (χ2v) is 6.45. The van der Waals surface area contributed by atoms with Crippen molar-refractivity contribution >= 4 is 49.1 Å². The summed E-state index contributed by atoms with van der Waals surface area (Å²) in [4.78, 5) is 8.56. The maximum Gasteiger partial charge on any atom is 0.131 e. The highest BCUT2D eigenvalue weighted by atomic mass is 79.9. The van der Waals surface area contributed by atoms with E-state index in [0.717, 1.165) is 38.4 Å². The van der Waals surface area contributed by atoms with Gasteiger partial charge in [-0.15, -0.1) is 0 Å². The van der Waals surface area contributed by atoms with Gasteiger partial charge >= 0.3 is 0 Å². The van der Waals surface area contributed by atoms with Gasteiger partial charge in [0.1, 0.15) is 5.82 Å². The number of halogens is 1. The highest BCUT2D eigenvalue weighted by Crippen LogP contribution is 2.28. The smallest absolute Gasteiger partial charge is 0.131 e. The van der Waals surface area contributed by atoms with Crippen LogP contribution in [0.5, 0.6) is 0 Å². The molecule has 118 valence electrons. The van der Waals surface area contributed by atoms with Gasteiger partial charge in [0.05, 0.1) is 5.52 Å². The van der Waals surface area contributed by atoms with Gasteiger partial charge in [-0.1, -0.05) is 30.3 Å². The first kappa shape index (κ1) is 14.9. The van der Waals surface area contributed by atoms with Crippen LogP contribution in [0.15, 0.2) is 65.4 Å². The number of benzene rings is 2. The summed E-state index contributed by atoms with van der Waals surface area (Å²) in [7, 11) is 0. The second kappa shape index (κ2) is 6.09. The fourth-order valence-corrected chi connectivity index (χ4v) is 3.27. The summed E-state index contributed by atoms with van der Waals surface area (Å²) >= 11 is 3.55. The van der Waals surface area contributed by atoms with Crippen molar-refractivity contribution in [3.05, 3.63) is 71.0 Å². The predicted molar refractivity (Wildman–Crippen MR) is 103 cm³/mol. The molecule has 0 unspecified atom stereocenters. The van der Waals surface area contributed by atoms with Crippen molar-refractivity contribution in [2.45, 2.75) is 6.54 Å². The molecule has 2 aromatic carbocycles. The zero-order chi connectivity index (χ0) is 16.5. The molecular formula is C19H15BrN4. The molecule has 0 aliphatic rings. The maximum atomic E-state index is 5.95. The number of fused-ring (bicyclic) bond motifs is 2. The second-order valence-electron chi connectivity index (χ2n) is 5.60. The molecule has 0 spiro atoms. The Morgan fingerprint density at radius 2 is 1.83 bits per heavy atom. The Bertz CT molecular complexity index is 1040. The van der Waals surface area contributed by atoms with Crippen molar-refractivity contribution in [3.63, 3.8) is 0 Å². The molecule has 3 N–H and O–H groups in total. The molecule has 0 atom stereocenters. The summed E-state index contributed by atoms with van der Waals surface area (Å²) in [5.41, 5.74) is 9.19. The van der Waals surface area contributed by atoms with Gasteiger partial charge in [-0.2, -0.15) is 0 Å². The van der Waals surface area contributed by atoms with E-state index >= 15 is 0 Å². The Kier molecular flexibility index (Phi) is 3.78. The lowest BCUT2D eigenvalue weighted by Gasteiger charge is -2.11. The van der Waals surface area contributed by atoms with Crippen LogP contribution < -0.4 is 11.1 Å². The van der Waals surface area contributed by atoms with E-state index in [9.17, 15) is 0 Å². The number of hydrogen-bond acceptors (Lipinski definition) is 4. The minimum Gasteiger partial charge on any atom is -0.383 e. The molecule has 4 aromatic rings. The van der Waals surface area contributed by atoms with Crippen LogP contribution in [-0.4, -0.2) is 9.97 Å². The van der Waals surface area contributed by atoms with E-state index in [1.807, 2.05) is 36.5 Å². The molecule has 0 bridgehead atoms. The van der Waals surface area contributed by atoms with Crippen LogP contribution in [0.2, 0.25) is 0 Å². The third kappa shape index (κ3) is 2.67. The predicted octanol–water partition coefficient (Wildman–Crippen LogP) is 4.74. The lowest BCUT2D eigenvalue weighted by molar-refractivity contribution is 1.16. The maximum absolute atomic E-state index is 5.95. The average molecular weight is 379 g/mol. The third-order valence-corrected chi connectivity index (χ3v) is 4.70. The molecule has 0 saturated carbocycles. The van der Waals surface area contributed by atoms with E-state index in [-0.39, 0.29) is 0 Å². The molecule has 24 heavy (non-hydrogen) atoms. The zero-order valence-corrected chi connectivity index (χ0v) is 14.4. The fourth-order valence-electron chi connectivity index (χ4n) is 2.83. The number of rotatable bonds is 3. The number of nitrogens with zero attached hydrogens (tertiary/aromatic N) is 2. The van der Waals surface area contributed by atoms with E-state index in [1.165, 1.54) is 5.56 Å². The largest absolute Gasteiger partial charge is 0.383 e. The number of hydrogen-bond donors (Lipinski definition) is 2. The van der Waals surface area contributed by atoms with E-state index in [0.29, 0.717) is 5.82 Å². The molecule has 0 aliphatic carbocycles. The van der Waals surface area contributed by atoms with E-state index in [4.69, 9.17) is 5.73 Å². The van der Waals surface area contributed by atoms with Crippen molar-refractivity contribution in [1.29, 1.82) is 0 Å². The summed E-state index contributed by atoms with van der Waals surface area (Å²) in [6.07, 6.45) is 3.57. The third-order valence-electron chi connectivity index (χ3n) is 4.07. The van der Waals surface area contributed by atoms with Crippen molar-refractivity contribution < 1.29 is 0 Å². The first-order valence-electron chi connectivity index (χ1n) is 7.62. The average Bonchev–Trinajstić information content (AvgIpc) is 2.63. The molecule has 2 aromatic heterocycles. The Labute approximate surface area is 147 Å². The number of aromatic nitrogens is 2. The quantitative estimate of drug-likeness (QED) is 0.540.